The van der Waals surface area contributed by atoms with Crippen LogP contribution in [0.1, 0.15) is 13.8 Å². The molecule has 1 atom stereocenters. The molecule has 0 radical (unpaired) electrons. The normalized spacial score (nSPS) is 11.3. The number of carbonyl (C=O) groups is 3. The topological polar surface area (TPSA) is 105 Å². The molecule has 132 valence electrons. The maximum Gasteiger partial charge on any atom is 0.326 e. The number of hydrogen-bond donors (Lipinski definition) is 2. The van der Waals surface area contributed by atoms with Crippen LogP contribution in [0.3, 0.4) is 0 Å². The average Bonchev–Trinajstić information content (AvgIpc) is 2.55. The molecule has 0 bridgehead atoms. The number of methoxy groups -OCH3 is 1. The summed E-state index contributed by atoms with van der Waals surface area (Å²) in [7, 11) is 1.48. The fraction of sp³-hybridized carbons (Fsp3) is 0.438. The van der Waals surface area contributed by atoms with Crippen LogP contribution in [-0.2, 0) is 14.4 Å². The number of amides is 2. The number of carboxylic acid groups (broad SMARTS) is 1. The van der Waals surface area contributed by atoms with E-state index in [4.69, 9.17) is 14.6 Å². The number of para-hydroxylation sites is 2. The molecule has 2 N–H and O–H groups in total. The minimum absolute atomic E-state index is 0.0706. The fourth-order valence-electron chi connectivity index (χ4n) is 1.98. The SMILES string of the molecule is COc1ccccc1OCC(=O)N(CCNC(C)=O)C(C)C(=O)O. The van der Waals surface area contributed by atoms with Gasteiger partial charge in [0.15, 0.2) is 18.1 Å². The van der Waals surface area contributed by atoms with E-state index in [2.05, 4.69) is 5.32 Å². The Balaban J connectivity index is 2.72. The van der Waals surface area contributed by atoms with Crippen molar-refractivity contribution in [2.45, 2.75) is 19.9 Å². The van der Waals surface area contributed by atoms with E-state index in [9.17, 15) is 14.4 Å². The van der Waals surface area contributed by atoms with Crippen molar-refractivity contribution in [1.29, 1.82) is 0 Å². The summed E-state index contributed by atoms with van der Waals surface area (Å²) < 4.78 is 10.6. The van der Waals surface area contributed by atoms with Gasteiger partial charge in [0.2, 0.25) is 5.91 Å². The molecule has 2 amide bonds. The predicted molar refractivity (Wildman–Crippen MR) is 86.0 cm³/mol. The Bertz CT molecular complexity index is 590. The second-order valence-electron chi connectivity index (χ2n) is 5.02. The number of rotatable bonds is 9. The van der Waals surface area contributed by atoms with Gasteiger partial charge in [0.1, 0.15) is 6.04 Å². The molecule has 0 saturated carbocycles. The molecule has 24 heavy (non-hydrogen) atoms. The lowest BCUT2D eigenvalue weighted by atomic mass is 10.2. The number of carbonyl (C=O) groups excluding carboxylic acids is 2. The number of benzene rings is 1. The molecule has 1 aromatic rings. The third-order valence-electron chi connectivity index (χ3n) is 3.29. The molecular weight excluding hydrogens is 316 g/mol. The van der Waals surface area contributed by atoms with Gasteiger partial charge in [0, 0.05) is 20.0 Å². The number of aliphatic carboxylic acids is 1. The molecule has 0 saturated heterocycles. The van der Waals surface area contributed by atoms with Crippen LogP contribution in [0.15, 0.2) is 24.3 Å². The van der Waals surface area contributed by atoms with Gasteiger partial charge < -0.3 is 24.8 Å². The Morgan fingerprint density at radius 2 is 1.88 bits per heavy atom. The van der Waals surface area contributed by atoms with Crippen molar-refractivity contribution in [3.05, 3.63) is 24.3 Å². The van der Waals surface area contributed by atoms with Crippen molar-refractivity contribution >= 4 is 17.8 Å². The molecule has 1 rings (SSSR count). The zero-order valence-corrected chi connectivity index (χ0v) is 13.9. The van der Waals surface area contributed by atoms with Crippen molar-refractivity contribution in [3.8, 4) is 11.5 Å². The zero-order chi connectivity index (χ0) is 18.1. The first kappa shape index (κ1) is 19.3. The maximum absolute atomic E-state index is 12.3. The van der Waals surface area contributed by atoms with E-state index in [0.717, 1.165) is 4.90 Å². The lowest BCUT2D eigenvalue weighted by molar-refractivity contribution is -0.150. The van der Waals surface area contributed by atoms with Gasteiger partial charge in [0.25, 0.3) is 5.91 Å². The zero-order valence-electron chi connectivity index (χ0n) is 13.9. The fourth-order valence-corrected chi connectivity index (χ4v) is 1.98. The molecular formula is C16H22N2O6. The van der Waals surface area contributed by atoms with E-state index >= 15 is 0 Å². The molecule has 1 unspecified atom stereocenters. The largest absolute Gasteiger partial charge is 0.493 e. The van der Waals surface area contributed by atoms with Gasteiger partial charge >= 0.3 is 5.97 Å². The Kier molecular flexibility index (Phi) is 7.54. The van der Waals surface area contributed by atoms with Gasteiger partial charge in [-0.2, -0.15) is 0 Å². The summed E-state index contributed by atoms with van der Waals surface area (Å²) in [4.78, 5) is 35.6. The summed E-state index contributed by atoms with van der Waals surface area (Å²) in [5, 5.41) is 11.7. The standard InChI is InChI=1S/C16H22N2O6/c1-11(16(21)22)18(9-8-17-12(2)19)15(20)10-24-14-7-5-4-6-13(14)23-3/h4-7,11H,8-10H2,1-3H3,(H,17,19)(H,21,22). The minimum atomic E-state index is -1.14. The van der Waals surface area contributed by atoms with Crippen LogP contribution in [0.2, 0.25) is 0 Å². The van der Waals surface area contributed by atoms with Crippen LogP contribution in [0.4, 0.5) is 0 Å². The second kappa shape index (κ2) is 9.39. The van der Waals surface area contributed by atoms with E-state index in [0.29, 0.717) is 11.5 Å². The number of ether oxygens (including phenoxy) is 2. The smallest absolute Gasteiger partial charge is 0.326 e. The third-order valence-corrected chi connectivity index (χ3v) is 3.29. The number of carboxylic acids is 1. The molecule has 0 fully saturated rings. The second-order valence-corrected chi connectivity index (χ2v) is 5.02. The van der Waals surface area contributed by atoms with E-state index in [1.165, 1.54) is 21.0 Å². The lowest BCUT2D eigenvalue weighted by Crippen LogP contribution is -2.48. The molecule has 0 spiro atoms. The Morgan fingerprint density at radius 3 is 2.42 bits per heavy atom. The van der Waals surface area contributed by atoms with E-state index in [1.807, 2.05) is 0 Å². The lowest BCUT2D eigenvalue weighted by Gasteiger charge is -2.26. The van der Waals surface area contributed by atoms with Gasteiger partial charge in [-0.1, -0.05) is 12.1 Å². The van der Waals surface area contributed by atoms with E-state index in [-0.39, 0.29) is 25.6 Å². The van der Waals surface area contributed by atoms with Crippen LogP contribution in [-0.4, -0.2) is 60.6 Å². The Labute approximate surface area is 140 Å². The highest BCUT2D eigenvalue weighted by Crippen LogP contribution is 2.25. The van der Waals surface area contributed by atoms with Crippen LogP contribution >= 0.6 is 0 Å². The van der Waals surface area contributed by atoms with Crippen molar-refractivity contribution < 1.29 is 29.0 Å². The van der Waals surface area contributed by atoms with E-state index < -0.39 is 17.9 Å². The summed E-state index contributed by atoms with van der Waals surface area (Å²) in [6.45, 7) is 2.64. The van der Waals surface area contributed by atoms with Gasteiger partial charge in [-0.3, -0.25) is 9.59 Å². The molecule has 0 aliphatic rings. The van der Waals surface area contributed by atoms with Gasteiger partial charge in [-0.15, -0.1) is 0 Å². The summed E-state index contributed by atoms with van der Waals surface area (Å²) in [6.07, 6.45) is 0. The van der Waals surface area contributed by atoms with Gasteiger partial charge in [-0.25, -0.2) is 4.79 Å². The summed E-state index contributed by atoms with van der Waals surface area (Å²) >= 11 is 0. The highest BCUT2D eigenvalue weighted by Gasteiger charge is 2.25. The van der Waals surface area contributed by atoms with Crippen molar-refractivity contribution in [1.82, 2.24) is 10.2 Å². The molecule has 8 nitrogen and oxygen atoms in total. The highest BCUT2D eigenvalue weighted by atomic mass is 16.5. The van der Waals surface area contributed by atoms with Crippen LogP contribution in [0, 0.1) is 0 Å². The summed E-state index contributed by atoms with van der Waals surface area (Å²) in [5.41, 5.74) is 0. The molecule has 0 aliphatic carbocycles. The summed E-state index contributed by atoms with van der Waals surface area (Å²) in [5.74, 6) is -1.03. The van der Waals surface area contributed by atoms with Crippen LogP contribution in [0.5, 0.6) is 11.5 Å². The Hall–Kier alpha value is -2.77. The van der Waals surface area contributed by atoms with Crippen LogP contribution in [0.25, 0.3) is 0 Å². The quantitative estimate of drug-likeness (QED) is 0.680. The molecule has 0 heterocycles. The predicted octanol–water partition coefficient (Wildman–Crippen LogP) is 0.512. The molecule has 1 aromatic carbocycles. The molecule has 0 aliphatic heterocycles. The first-order valence-corrected chi connectivity index (χ1v) is 7.39. The third kappa shape index (κ3) is 5.79. The number of nitrogens with one attached hydrogen (secondary N) is 1. The van der Waals surface area contributed by atoms with Gasteiger partial charge in [-0.05, 0) is 19.1 Å². The number of hydrogen-bond acceptors (Lipinski definition) is 5. The van der Waals surface area contributed by atoms with Crippen molar-refractivity contribution in [3.63, 3.8) is 0 Å². The first-order chi connectivity index (χ1) is 11.4. The van der Waals surface area contributed by atoms with E-state index in [1.54, 1.807) is 24.3 Å². The van der Waals surface area contributed by atoms with Crippen LogP contribution < -0.4 is 14.8 Å². The highest BCUT2D eigenvalue weighted by molar-refractivity contribution is 5.84. The Morgan fingerprint density at radius 1 is 1.25 bits per heavy atom. The molecule has 8 heteroatoms. The maximum atomic E-state index is 12.3. The monoisotopic (exact) mass is 338 g/mol. The number of nitrogens with zero attached hydrogens (tertiary/aromatic N) is 1. The minimum Gasteiger partial charge on any atom is -0.493 e. The van der Waals surface area contributed by atoms with Crippen molar-refractivity contribution in [2.24, 2.45) is 0 Å². The average molecular weight is 338 g/mol. The summed E-state index contributed by atoms with van der Waals surface area (Å²) in [6, 6.07) is 5.80. The molecule has 0 aromatic heterocycles. The van der Waals surface area contributed by atoms with Crippen molar-refractivity contribution in [2.75, 3.05) is 26.8 Å². The van der Waals surface area contributed by atoms with Gasteiger partial charge in [0.05, 0.1) is 7.11 Å². The first-order valence-electron chi connectivity index (χ1n) is 7.39.